The number of nitrogens with zero attached hydrogens (tertiary/aromatic N) is 2. The van der Waals surface area contributed by atoms with Crippen molar-refractivity contribution in [3.8, 4) is 0 Å². The SMILES string of the molecule is NC(Cc1cnc2ccccc2n1)c1ccccc1. The van der Waals surface area contributed by atoms with Gasteiger partial charge in [-0.1, -0.05) is 42.5 Å². The lowest BCUT2D eigenvalue weighted by molar-refractivity contribution is 0.706. The van der Waals surface area contributed by atoms with E-state index < -0.39 is 0 Å². The van der Waals surface area contributed by atoms with Crippen LogP contribution in [0.25, 0.3) is 11.0 Å². The van der Waals surface area contributed by atoms with Crippen LogP contribution in [-0.4, -0.2) is 9.97 Å². The number of fused-ring (bicyclic) bond motifs is 1. The van der Waals surface area contributed by atoms with Crippen molar-refractivity contribution in [3.05, 3.63) is 72.1 Å². The van der Waals surface area contributed by atoms with Crippen molar-refractivity contribution >= 4 is 11.0 Å². The van der Waals surface area contributed by atoms with Crippen LogP contribution in [0.3, 0.4) is 0 Å². The minimum atomic E-state index is -0.0448. The molecular formula is C16H15N3. The molecule has 0 aliphatic heterocycles. The predicted octanol–water partition coefficient (Wildman–Crippen LogP) is 2.87. The monoisotopic (exact) mass is 249 g/mol. The Bertz CT molecular complexity index is 680. The van der Waals surface area contributed by atoms with Crippen molar-refractivity contribution in [2.45, 2.75) is 12.5 Å². The zero-order valence-corrected chi connectivity index (χ0v) is 10.5. The summed E-state index contributed by atoms with van der Waals surface area (Å²) in [7, 11) is 0. The van der Waals surface area contributed by atoms with Gasteiger partial charge in [0.1, 0.15) is 0 Å². The van der Waals surface area contributed by atoms with E-state index in [9.17, 15) is 0 Å². The summed E-state index contributed by atoms with van der Waals surface area (Å²) >= 11 is 0. The molecule has 0 bridgehead atoms. The van der Waals surface area contributed by atoms with Crippen LogP contribution in [0.15, 0.2) is 60.8 Å². The molecule has 0 aliphatic rings. The number of benzene rings is 2. The first-order valence-electron chi connectivity index (χ1n) is 6.34. The largest absolute Gasteiger partial charge is 0.324 e. The lowest BCUT2D eigenvalue weighted by Gasteiger charge is -2.11. The highest BCUT2D eigenvalue weighted by Gasteiger charge is 2.08. The van der Waals surface area contributed by atoms with Crippen LogP contribution >= 0.6 is 0 Å². The maximum atomic E-state index is 6.20. The van der Waals surface area contributed by atoms with Gasteiger partial charge < -0.3 is 5.73 Å². The van der Waals surface area contributed by atoms with Gasteiger partial charge >= 0.3 is 0 Å². The fraction of sp³-hybridized carbons (Fsp3) is 0.125. The van der Waals surface area contributed by atoms with E-state index >= 15 is 0 Å². The summed E-state index contributed by atoms with van der Waals surface area (Å²) in [6.07, 6.45) is 2.51. The van der Waals surface area contributed by atoms with Gasteiger partial charge in [0.25, 0.3) is 0 Å². The fourth-order valence-electron chi connectivity index (χ4n) is 2.14. The van der Waals surface area contributed by atoms with E-state index in [1.165, 1.54) is 0 Å². The molecular weight excluding hydrogens is 234 g/mol. The molecule has 19 heavy (non-hydrogen) atoms. The van der Waals surface area contributed by atoms with Crippen LogP contribution in [0, 0.1) is 0 Å². The smallest absolute Gasteiger partial charge is 0.0890 e. The van der Waals surface area contributed by atoms with Crippen LogP contribution in [0.1, 0.15) is 17.3 Å². The van der Waals surface area contributed by atoms with Crippen LogP contribution in [0.5, 0.6) is 0 Å². The normalized spacial score (nSPS) is 12.5. The molecule has 1 aromatic heterocycles. The van der Waals surface area contributed by atoms with E-state index in [4.69, 9.17) is 5.73 Å². The highest BCUT2D eigenvalue weighted by Crippen LogP contribution is 2.16. The van der Waals surface area contributed by atoms with E-state index in [0.29, 0.717) is 6.42 Å². The standard InChI is InChI=1S/C16H15N3/c17-14(12-6-2-1-3-7-12)10-13-11-18-15-8-4-5-9-16(15)19-13/h1-9,11,14H,10,17H2. The number of para-hydroxylation sites is 2. The van der Waals surface area contributed by atoms with Crippen molar-refractivity contribution in [2.24, 2.45) is 5.73 Å². The molecule has 0 saturated heterocycles. The fourth-order valence-corrected chi connectivity index (χ4v) is 2.14. The summed E-state index contributed by atoms with van der Waals surface area (Å²) in [5.41, 5.74) is 10.1. The van der Waals surface area contributed by atoms with Crippen LogP contribution in [0.4, 0.5) is 0 Å². The van der Waals surface area contributed by atoms with Gasteiger partial charge in [0.15, 0.2) is 0 Å². The number of nitrogens with two attached hydrogens (primary N) is 1. The van der Waals surface area contributed by atoms with Gasteiger partial charge in [0.05, 0.1) is 16.7 Å². The van der Waals surface area contributed by atoms with Crippen LogP contribution in [0.2, 0.25) is 0 Å². The average Bonchev–Trinajstić information content (AvgIpc) is 2.48. The Kier molecular flexibility index (Phi) is 3.21. The van der Waals surface area contributed by atoms with Gasteiger partial charge in [-0.25, -0.2) is 4.98 Å². The average molecular weight is 249 g/mol. The summed E-state index contributed by atoms with van der Waals surface area (Å²) in [4.78, 5) is 9.01. The van der Waals surface area contributed by atoms with E-state index in [1.54, 1.807) is 0 Å². The maximum absolute atomic E-state index is 6.20. The third-order valence-electron chi connectivity index (χ3n) is 3.16. The summed E-state index contributed by atoms with van der Waals surface area (Å²) in [6, 6.07) is 17.9. The predicted molar refractivity (Wildman–Crippen MR) is 76.6 cm³/mol. The zero-order chi connectivity index (χ0) is 13.1. The molecule has 3 aromatic rings. The topological polar surface area (TPSA) is 51.8 Å². The number of aromatic nitrogens is 2. The maximum Gasteiger partial charge on any atom is 0.0890 e. The summed E-state index contributed by atoms with van der Waals surface area (Å²) in [6.45, 7) is 0. The molecule has 2 N–H and O–H groups in total. The molecule has 0 saturated carbocycles. The number of rotatable bonds is 3. The molecule has 1 unspecified atom stereocenters. The van der Waals surface area contributed by atoms with Crippen LogP contribution in [-0.2, 0) is 6.42 Å². The van der Waals surface area contributed by atoms with Crippen LogP contribution < -0.4 is 5.73 Å². The van der Waals surface area contributed by atoms with Gasteiger partial charge in [0.2, 0.25) is 0 Å². The minimum Gasteiger partial charge on any atom is -0.324 e. The Morgan fingerprint density at radius 3 is 2.37 bits per heavy atom. The third-order valence-corrected chi connectivity index (χ3v) is 3.16. The van der Waals surface area contributed by atoms with Gasteiger partial charge in [-0.15, -0.1) is 0 Å². The second-order valence-electron chi connectivity index (χ2n) is 4.57. The van der Waals surface area contributed by atoms with Crippen molar-refractivity contribution in [3.63, 3.8) is 0 Å². The molecule has 3 heteroatoms. The highest BCUT2D eigenvalue weighted by molar-refractivity contribution is 5.73. The lowest BCUT2D eigenvalue weighted by Crippen LogP contribution is -2.14. The van der Waals surface area contributed by atoms with Crippen molar-refractivity contribution in [1.29, 1.82) is 0 Å². The van der Waals surface area contributed by atoms with E-state index in [2.05, 4.69) is 9.97 Å². The number of hydrogen-bond acceptors (Lipinski definition) is 3. The first kappa shape index (κ1) is 11.8. The molecule has 0 amide bonds. The molecule has 1 heterocycles. The molecule has 1 atom stereocenters. The van der Waals surface area contributed by atoms with Gasteiger partial charge in [0, 0.05) is 18.7 Å². The van der Waals surface area contributed by atoms with E-state index in [-0.39, 0.29) is 6.04 Å². The van der Waals surface area contributed by atoms with E-state index in [1.807, 2.05) is 60.8 Å². The number of hydrogen-bond donors (Lipinski definition) is 1. The summed E-state index contributed by atoms with van der Waals surface area (Å²) in [5, 5.41) is 0. The molecule has 0 fully saturated rings. The molecule has 0 spiro atoms. The van der Waals surface area contributed by atoms with Crippen molar-refractivity contribution in [1.82, 2.24) is 9.97 Å². The molecule has 3 nitrogen and oxygen atoms in total. The molecule has 94 valence electrons. The van der Waals surface area contributed by atoms with Gasteiger partial charge in [-0.3, -0.25) is 4.98 Å². The molecule has 2 aromatic carbocycles. The zero-order valence-electron chi connectivity index (χ0n) is 10.5. The van der Waals surface area contributed by atoms with Crippen molar-refractivity contribution in [2.75, 3.05) is 0 Å². The Hall–Kier alpha value is -2.26. The molecule has 0 radical (unpaired) electrons. The van der Waals surface area contributed by atoms with E-state index in [0.717, 1.165) is 22.3 Å². The third kappa shape index (κ3) is 2.61. The Morgan fingerprint density at radius 1 is 0.895 bits per heavy atom. The molecule has 3 rings (SSSR count). The summed E-state index contributed by atoms with van der Waals surface area (Å²) < 4.78 is 0. The van der Waals surface area contributed by atoms with Gasteiger partial charge in [-0.2, -0.15) is 0 Å². The Labute approximate surface area is 112 Å². The quantitative estimate of drug-likeness (QED) is 0.776. The second kappa shape index (κ2) is 5.16. The first-order chi connectivity index (χ1) is 9.33. The lowest BCUT2D eigenvalue weighted by atomic mass is 10.0. The Balaban J connectivity index is 1.85. The Morgan fingerprint density at radius 2 is 1.58 bits per heavy atom. The van der Waals surface area contributed by atoms with Crippen molar-refractivity contribution < 1.29 is 0 Å². The molecule has 0 aliphatic carbocycles. The summed E-state index contributed by atoms with van der Waals surface area (Å²) in [5.74, 6) is 0. The second-order valence-corrected chi connectivity index (χ2v) is 4.57. The van der Waals surface area contributed by atoms with Gasteiger partial charge in [-0.05, 0) is 17.7 Å². The highest BCUT2D eigenvalue weighted by atomic mass is 14.8. The first-order valence-corrected chi connectivity index (χ1v) is 6.34. The minimum absolute atomic E-state index is 0.0448.